The predicted octanol–water partition coefficient (Wildman–Crippen LogP) is 3.78. The second-order valence-electron chi connectivity index (χ2n) is 7.35. The molecule has 2 atom stereocenters. The Balaban J connectivity index is 2.19. The molecule has 0 bridgehead atoms. The van der Waals surface area contributed by atoms with Gasteiger partial charge in [-0.25, -0.2) is 0 Å². The van der Waals surface area contributed by atoms with E-state index in [4.69, 9.17) is 14.2 Å². The van der Waals surface area contributed by atoms with Crippen LogP contribution in [0, 0.1) is 0 Å². The Morgan fingerprint density at radius 3 is 2.57 bits per heavy atom. The van der Waals surface area contributed by atoms with Gasteiger partial charge in [0.05, 0.1) is 6.10 Å². The Hall–Kier alpha value is -0.940. The van der Waals surface area contributed by atoms with Crippen molar-refractivity contribution < 1.29 is 23.8 Å². The summed E-state index contributed by atoms with van der Waals surface area (Å²) in [5.41, 5.74) is -0.373. The highest BCUT2D eigenvalue weighted by atomic mass is 16.7. The van der Waals surface area contributed by atoms with Crippen LogP contribution in [0.4, 0.5) is 0 Å². The van der Waals surface area contributed by atoms with Gasteiger partial charge in [-0.1, -0.05) is 19.8 Å². The molecule has 5 heteroatoms. The number of esters is 1. The minimum absolute atomic E-state index is 0.0416. The molecular formula is C18H32O5. The van der Waals surface area contributed by atoms with Crippen LogP contribution in [-0.2, 0) is 23.8 Å². The van der Waals surface area contributed by atoms with E-state index in [-0.39, 0.29) is 23.8 Å². The Labute approximate surface area is 140 Å². The van der Waals surface area contributed by atoms with Crippen molar-refractivity contribution in [2.24, 2.45) is 0 Å². The highest BCUT2D eigenvalue weighted by Crippen LogP contribution is 2.28. The molecule has 0 aliphatic carbocycles. The molecule has 0 unspecified atom stereocenters. The normalized spacial score (nSPS) is 24.2. The van der Waals surface area contributed by atoms with Gasteiger partial charge in [0.15, 0.2) is 5.79 Å². The monoisotopic (exact) mass is 328 g/mol. The zero-order chi connectivity index (χ0) is 17.5. The molecule has 0 aromatic carbocycles. The van der Waals surface area contributed by atoms with Crippen LogP contribution >= 0.6 is 0 Å². The molecule has 0 amide bonds. The van der Waals surface area contributed by atoms with Gasteiger partial charge in [-0.15, -0.1) is 0 Å². The standard InChI is InChI=1S/C18H32O5/c1-6-17(2,3)23-16(20)11-9-7-8-10-14-12-15(13-19)22-18(4,5)21-14/h13-15H,6-12H2,1-5H3/t14-,15-/m1/s1. The first kappa shape index (κ1) is 20.1. The Morgan fingerprint density at radius 2 is 1.96 bits per heavy atom. The smallest absolute Gasteiger partial charge is 0.306 e. The molecule has 1 rings (SSSR count). The Kier molecular flexibility index (Phi) is 7.68. The molecular weight excluding hydrogens is 296 g/mol. The molecule has 0 N–H and O–H groups in total. The van der Waals surface area contributed by atoms with E-state index < -0.39 is 5.79 Å². The van der Waals surface area contributed by atoms with E-state index >= 15 is 0 Å². The summed E-state index contributed by atoms with van der Waals surface area (Å²) < 4.78 is 16.8. The summed E-state index contributed by atoms with van der Waals surface area (Å²) in [6.45, 7) is 9.54. The fourth-order valence-electron chi connectivity index (χ4n) is 2.66. The van der Waals surface area contributed by atoms with Crippen LogP contribution < -0.4 is 0 Å². The van der Waals surface area contributed by atoms with E-state index in [1.54, 1.807) is 0 Å². The number of rotatable bonds is 9. The van der Waals surface area contributed by atoms with Crippen molar-refractivity contribution >= 4 is 12.3 Å². The minimum Gasteiger partial charge on any atom is -0.460 e. The number of hydrogen-bond acceptors (Lipinski definition) is 5. The SMILES string of the molecule is CCC(C)(C)OC(=O)CCCCC[C@@H]1C[C@H](C=O)OC(C)(C)O1. The lowest BCUT2D eigenvalue weighted by Gasteiger charge is -2.39. The fourth-order valence-corrected chi connectivity index (χ4v) is 2.66. The molecule has 1 heterocycles. The average Bonchev–Trinajstić information content (AvgIpc) is 2.44. The van der Waals surface area contributed by atoms with E-state index in [1.807, 2.05) is 34.6 Å². The van der Waals surface area contributed by atoms with Gasteiger partial charge in [0.2, 0.25) is 0 Å². The summed E-state index contributed by atoms with van der Waals surface area (Å²) in [6.07, 6.45) is 6.02. The maximum absolute atomic E-state index is 11.7. The molecule has 1 aliphatic heterocycles. The van der Waals surface area contributed by atoms with Crippen LogP contribution in [0.2, 0.25) is 0 Å². The second-order valence-corrected chi connectivity index (χ2v) is 7.35. The van der Waals surface area contributed by atoms with Gasteiger partial charge < -0.3 is 19.0 Å². The van der Waals surface area contributed by atoms with Gasteiger partial charge in [0, 0.05) is 12.8 Å². The lowest BCUT2D eigenvalue weighted by molar-refractivity contribution is -0.291. The maximum Gasteiger partial charge on any atom is 0.306 e. The average molecular weight is 328 g/mol. The zero-order valence-corrected chi connectivity index (χ0v) is 15.2. The molecule has 23 heavy (non-hydrogen) atoms. The summed E-state index contributed by atoms with van der Waals surface area (Å²) in [5, 5.41) is 0. The number of hydrogen-bond donors (Lipinski definition) is 0. The Morgan fingerprint density at radius 1 is 1.26 bits per heavy atom. The summed E-state index contributed by atoms with van der Waals surface area (Å²) in [6, 6.07) is 0. The van der Waals surface area contributed by atoms with Gasteiger partial charge in [-0.3, -0.25) is 4.79 Å². The molecule has 0 radical (unpaired) electrons. The highest BCUT2D eigenvalue weighted by Gasteiger charge is 2.34. The molecule has 0 spiro atoms. The lowest BCUT2D eigenvalue weighted by atomic mass is 10.0. The van der Waals surface area contributed by atoms with Crippen molar-refractivity contribution in [2.75, 3.05) is 0 Å². The topological polar surface area (TPSA) is 61.8 Å². The minimum atomic E-state index is -0.704. The van der Waals surface area contributed by atoms with Crippen molar-refractivity contribution in [3.05, 3.63) is 0 Å². The van der Waals surface area contributed by atoms with Crippen molar-refractivity contribution in [1.82, 2.24) is 0 Å². The number of aldehydes is 1. The number of unbranched alkanes of at least 4 members (excludes halogenated alkanes) is 2. The molecule has 1 fully saturated rings. The molecule has 5 nitrogen and oxygen atoms in total. The third-order valence-corrected chi connectivity index (χ3v) is 4.18. The summed E-state index contributed by atoms with van der Waals surface area (Å²) in [4.78, 5) is 22.7. The first-order chi connectivity index (χ1) is 10.7. The van der Waals surface area contributed by atoms with E-state index in [0.717, 1.165) is 38.4 Å². The van der Waals surface area contributed by atoms with E-state index in [1.165, 1.54) is 0 Å². The largest absolute Gasteiger partial charge is 0.460 e. The lowest BCUT2D eigenvalue weighted by Crippen LogP contribution is -2.45. The molecule has 134 valence electrons. The zero-order valence-electron chi connectivity index (χ0n) is 15.2. The number of carbonyl (C=O) groups excluding carboxylic acids is 2. The quantitative estimate of drug-likeness (QED) is 0.366. The first-order valence-electron chi connectivity index (χ1n) is 8.70. The van der Waals surface area contributed by atoms with Crippen LogP contribution in [0.5, 0.6) is 0 Å². The van der Waals surface area contributed by atoms with Gasteiger partial charge in [0.1, 0.15) is 18.0 Å². The fraction of sp³-hybridized carbons (Fsp3) is 0.889. The molecule has 0 aromatic rings. The van der Waals surface area contributed by atoms with Crippen molar-refractivity contribution in [1.29, 1.82) is 0 Å². The maximum atomic E-state index is 11.7. The van der Waals surface area contributed by atoms with Crippen LogP contribution in [0.3, 0.4) is 0 Å². The van der Waals surface area contributed by atoms with E-state index in [0.29, 0.717) is 12.8 Å². The van der Waals surface area contributed by atoms with Crippen LogP contribution in [-0.4, -0.2) is 35.9 Å². The highest BCUT2D eigenvalue weighted by molar-refractivity contribution is 5.69. The van der Waals surface area contributed by atoms with Gasteiger partial charge in [-0.05, 0) is 47.0 Å². The predicted molar refractivity (Wildman–Crippen MR) is 88.1 cm³/mol. The number of carbonyl (C=O) groups is 2. The van der Waals surface area contributed by atoms with Crippen molar-refractivity contribution in [2.45, 2.75) is 103 Å². The Bertz CT molecular complexity index is 389. The molecule has 1 aliphatic rings. The summed E-state index contributed by atoms with van der Waals surface area (Å²) in [7, 11) is 0. The number of ether oxygens (including phenoxy) is 3. The van der Waals surface area contributed by atoms with Crippen molar-refractivity contribution in [3.8, 4) is 0 Å². The third kappa shape index (κ3) is 7.93. The first-order valence-corrected chi connectivity index (χ1v) is 8.70. The van der Waals surface area contributed by atoms with Crippen LogP contribution in [0.15, 0.2) is 0 Å². The second kappa shape index (κ2) is 8.78. The van der Waals surface area contributed by atoms with Gasteiger partial charge in [-0.2, -0.15) is 0 Å². The van der Waals surface area contributed by atoms with Crippen LogP contribution in [0.1, 0.15) is 79.6 Å². The molecule has 1 saturated heterocycles. The van der Waals surface area contributed by atoms with Crippen molar-refractivity contribution in [3.63, 3.8) is 0 Å². The summed E-state index contributed by atoms with van der Waals surface area (Å²) >= 11 is 0. The summed E-state index contributed by atoms with van der Waals surface area (Å²) in [5.74, 6) is -0.828. The van der Waals surface area contributed by atoms with Crippen LogP contribution in [0.25, 0.3) is 0 Å². The van der Waals surface area contributed by atoms with E-state index in [2.05, 4.69) is 0 Å². The third-order valence-electron chi connectivity index (χ3n) is 4.18. The van der Waals surface area contributed by atoms with E-state index in [9.17, 15) is 9.59 Å². The molecule has 0 saturated carbocycles. The molecule has 0 aromatic heterocycles. The van der Waals surface area contributed by atoms with Gasteiger partial charge >= 0.3 is 5.97 Å². The van der Waals surface area contributed by atoms with Gasteiger partial charge in [0.25, 0.3) is 0 Å².